The average Bonchev–Trinajstić information content (AvgIpc) is 2.29. The van der Waals surface area contributed by atoms with Crippen molar-refractivity contribution >= 4 is 24.8 Å². The molecule has 0 unspecified atom stereocenters. The summed E-state index contributed by atoms with van der Waals surface area (Å²) < 4.78 is 0. The first-order valence-corrected chi connectivity index (χ1v) is 4.94. The fourth-order valence-corrected chi connectivity index (χ4v) is 1.50. The number of nitrogens with one attached hydrogen (secondary N) is 1. The van der Waals surface area contributed by atoms with Crippen molar-refractivity contribution in [2.75, 3.05) is 13.1 Å². The van der Waals surface area contributed by atoms with E-state index in [2.05, 4.69) is 27.1 Å². The van der Waals surface area contributed by atoms with Crippen LogP contribution in [0.4, 0.5) is 0 Å². The van der Waals surface area contributed by atoms with E-state index < -0.39 is 0 Å². The molecule has 1 N–H and O–H groups in total. The molecule has 0 radical (unpaired) electrons. The molecule has 0 saturated carbocycles. The molecule has 1 aliphatic heterocycles. The summed E-state index contributed by atoms with van der Waals surface area (Å²) in [7, 11) is 0. The molecule has 2 rings (SSSR count). The summed E-state index contributed by atoms with van der Waals surface area (Å²) in [6, 6.07) is 1.80. The van der Waals surface area contributed by atoms with Gasteiger partial charge in [0.05, 0.1) is 0 Å². The maximum absolute atomic E-state index is 4.06. The Morgan fingerprint density at radius 3 is 2.38 bits per heavy atom. The van der Waals surface area contributed by atoms with E-state index in [-0.39, 0.29) is 24.8 Å². The fraction of sp³-hybridized carbons (Fsp3) is 0.455. The van der Waals surface area contributed by atoms with Gasteiger partial charge in [-0.05, 0) is 37.9 Å². The van der Waals surface area contributed by atoms with E-state index in [0.717, 1.165) is 25.9 Å². The van der Waals surface area contributed by atoms with Crippen LogP contribution in [0.2, 0.25) is 0 Å². The van der Waals surface area contributed by atoms with Crippen LogP contribution in [0.1, 0.15) is 18.7 Å². The lowest BCUT2D eigenvalue weighted by molar-refractivity contribution is 0.447. The van der Waals surface area contributed by atoms with Crippen LogP contribution in [0.15, 0.2) is 18.5 Å². The van der Waals surface area contributed by atoms with Gasteiger partial charge in [0.15, 0.2) is 0 Å². The number of nitrogens with zero attached hydrogens (tertiary/aromatic N) is 2. The second-order valence-corrected chi connectivity index (χ2v) is 3.37. The molecule has 1 aromatic heterocycles. The largest absolute Gasteiger partial charge is 0.317 e. The predicted molar refractivity (Wildman–Crippen MR) is 69.0 cm³/mol. The summed E-state index contributed by atoms with van der Waals surface area (Å²) >= 11 is 0. The molecule has 5 heteroatoms. The van der Waals surface area contributed by atoms with Gasteiger partial charge in [-0.1, -0.05) is 5.92 Å². The minimum Gasteiger partial charge on any atom is -0.317 e. The molecule has 16 heavy (non-hydrogen) atoms. The van der Waals surface area contributed by atoms with Crippen LogP contribution >= 0.6 is 24.8 Å². The second kappa shape index (κ2) is 8.35. The minimum atomic E-state index is 0. The van der Waals surface area contributed by atoms with Gasteiger partial charge in [-0.2, -0.15) is 0 Å². The maximum Gasteiger partial charge on any atom is 0.204 e. The third-order valence-corrected chi connectivity index (χ3v) is 2.29. The van der Waals surface area contributed by atoms with E-state index in [4.69, 9.17) is 0 Å². The molecule has 0 atom stereocenters. The van der Waals surface area contributed by atoms with Gasteiger partial charge >= 0.3 is 0 Å². The van der Waals surface area contributed by atoms with Gasteiger partial charge in [-0.3, -0.25) is 0 Å². The Morgan fingerprint density at radius 1 is 1.12 bits per heavy atom. The van der Waals surface area contributed by atoms with Crippen molar-refractivity contribution in [3.63, 3.8) is 0 Å². The number of piperidine rings is 1. The van der Waals surface area contributed by atoms with Gasteiger partial charge < -0.3 is 5.32 Å². The van der Waals surface area contributed by atoms with Crippen LogP contribution < -0.4 is 5.32 Å². The lowest BCUT2D eigenvalue weighted by atomic mass is 9.99. The number of hydrogen-bond donors (Lipinski definition) is 1. The zero-order valence-electron chi connectivity index (χ0n) is 8.85. The van der Waals surface area contributed by atoms with Gasteiger partial charge in [0.2, 0.25) is 5.82 Å². The lowest BCUT2D eigenvalue weighted by Gasteiger charge is -2.16. The predicted octanol–water partition coefficient (Wildman–Crippen LogP) is 1.67. The number of rotatable bonds is 0. The van der Waals surface area contributed by atoms with Crippen LogP contribution in [0.5, 0.6) is 0 Å². The van der Waals surface area contributed by atoms with Crippen molar-refractivity contribution in [1.82, 2.24) is 15.3 Å². The maximum atomic E-state index is 4.06. The topological polar surface area (TPSA) is 37.8 Å². The molecule has 1 fully saturated rings. The highest BCUT2D eigenvalue weighted by Crippen LogP contribution is 2.09. The first-order valence-electron chi connectivity index (χ1n) is 4.94. The quantitative estimate of drug-likeness (QED) is 0.721. The standard InChI is InChI=1S/C11H13N3.2ClH/c1-6-13-11(14-7-1)3-2-10-4-8-12-9-5-10;;/h1,6-7,10,12H,4-5,8-9H2;2*1H. The van der Waals surface area contributed by atoms with E-state index >= 15 is 0 Å². The Hall–Kier alpha value is -0.820. The Kier molecular flexibility index (Phi) is 7.92. The Bertz CT molecular complexity index is 339. The molecule has 0 spiro atoms. The van der Waals surface area contributed by atoms with Crippen LogP contribution in [-0.4, -0.2) is 23.1 Å². The summed E-state index contributed by atoms with van der Waals surface area (Å²) in [4.78, 5) is 8.13. The molecule has 0 aromatic carbocycles. The minimum absolute atomic E-state index is 0. The third kappa shape index (κ3) is 4.80. The summed E-state index contributed by atoms with van der Waals surface area (Å²) in [5, 5.41) is 3.31. The Morgan fingerprint density at radius 2 is 1.75 bits per heavy atom. The van der Waals surface area contributed by atoms with Crippen molar-refractivity contribution in [1.29, 1.82) is 0 Å². The highest BCUT2D eigenvalue weighted by Gasteiger charge is 2.09. The van der Waals surface area contributed by atoms with Crippen molar-refractivity contribution in [3.8, 4) is 11.8 Å². The Balaban J connectivity index is 0.00000112. The van der Waals surface area contributed by atoms with Crippen molar-refractivity contribution < 1.29 is 0 Å². The molecule has 2 heterocycles. The first kappa shape index (κ1) is 15.2. The summed E-state index contributed by atoms with van der Waals surface area (Å²) in [6.07, 6.45) is 5.72. The van der Waals surface area contributed by atoms with Crippen molar-refractivity contribution in [2.45, 2.75) is 12.8 Å². The van der Waals surface area contributed by atoms with E-state index in [9.17, 15) is 0 Å². The van der Waals surface area contributed by atoms with E-state index in [1.54, 1.807) is 18.5 Å². The normalized spacial score (nSPS) is 15.0. The van der Waals surface area contributed by atoms with Gasteiger partial charge in [0.1, 0.15) is 0 Å². The number of halogens is 2. The number of aromatic nitrogens is 2. The fourth-order valence-electron chi connectivity index (χ4n) is 1.50. The van der Waals surface area contributed by atoms with Gasteiger partial charge in [0, 0.05) is 18.3 Å². The highest BCUT2D eigenvalue weighted by molar-refractivity contribution is 5.85. The van der Waals surface area contributed by atoms with Gasteiger partial charge in [-0.25, -0.2) is 9.97 Å². The molecular formula is C11H15Cl2N3. The molecule has 0 bridgehead atoms. The molecule has 1 saturated heterocycles. The molecule has 1 aromatic rings. The van der Waals surface area contributed by atoms with Crippen LogP contribution in [0, 0.1) is 17.8 Å². The molecule has 88 valence electrons. The van der Waals surface area contributed by atoms with Crippen molar-refractivity contribution in [2.24, 2.45) is 5.92 Å². The molecule has 1 aliphatic rings. The smallest absolute Gasteiger partial charge is 0.204 e. The Labute approximate surface area is 108 Å². The highest BCUT2D eigenvalue weighted by atomic mass is 35.5. The molecule has 0 amide bonds. The second-order valence-electron chi connectivity index (χ2n) is 3.37. The monoisotopic (exact) mass is 259 g/mol. The van der Waals surface area contributed by atoms with E-state index in [1.807, 2.05) is 0 Å². The summed E-state index contributed by atoms with van der Waals surface area (Å²) in [6.45, 7) is 2.16. The zero-order valence-corrected chi connectivity index (χ0v) is 10.5. The first-order chi connectivity index (χ1) is 6.95. The molecule has 0 aliphatic carbocycles. The lowest BCUT2D eigenvalue weighted by Crippen LogP contribution is -2.26. The van der Waals surface area contributed by atoms with Crippen LogP contribution in [0.25, 0.3) is 0 Å². The molecule has 3 nitrogen and oxygen atoms in total. The van der Waals surface area contributed by atoms with Crippen LogP contribution in [0.3, 0.4) is 0 Å². The van der Waals surface area contributed by atoms with Crippen molar-refractivity contribution in [3.05, 3.63) is 24.3 Å². The van der Waals surface area contributed by atoms with Crippen LogP contribution in [-0.2, 0) is 0 Å². The third-order valence-electron chi connectivity index (χ3n) is 2.29. The summed E-state index contributed by atoms with van der Waals surface area (Å²) in [5.74, 6) is 7.38. The number of hydrogen-bond acceptors (Lipinski definition) is 3. The zero-order chi connectivity index (χ0) is 9.64. The van der Waals surface area contributed by atoms with Gasteiger partial charge in [-0.15, -0.1) is 24.8 Å². The van der Waals surface area contributed by atoms with E-state index in [0.29, 0.717) is 11.7 Å². The SMILES string of the molecule is C(#CC1CCNCC1)c1ncccn1.Cl.Cl. The summed E-state index contributed by atoms with van der Waals surface area (Å²) in [5.41, 5.74) is 0. The van der Waals surface area contributed by atoms with E-state index in [1.165, 1.54) is 0 Å². The molecular weight excluding hydrogens is 245 g/mol. The average molecular weight is 260 g/mol. The van der Waals surface area contributed by atoms with Gasteiger partial charge in [0.25, 0.3) is 0 Å².